The average Bonchev–Trinajstić information content (AvgIpc) is 1.78. The summed E-state index contributed by atoms with van der Waals surface area (Å²) in [6, 6.07) is 0. The number of phosphoric ester groups is 1. The second-order valence-electron chi connectivity index (χ2n) is 2.17. The summed E-state index contributed by atoms with van der Waals surface area (Å²) in [7, 11) is -9.81. The van der Waals surface area contributed by atoms with Gasteiger partial charge in [0.1, 0.15) is 5.75 Å². The van der Waals surface area contributed by atoms with E-state index in [2.05, 4.69) is 4.52 Å². The number of aliphatic carboxylic acids is 1. The fourth-order valence-corrected chi connectivity index (χ4v) is 1.69. The molecule has 14 heavy (non-hydrogen) atoms. The van der Waals surface area contributed by atoms with Crippen molar-refractivity contribution in [3.8, 4) is 0 Å². The number of carboxylic acids is 1. The molecule has 0 aromatic carbocycles. The third-order valence-corrected chi connectivity index (χ3v) is 2.16. The minimum absolute atomic E-state index is 1.44. The molecule has 0 saturated heterocycles. The Hall–Kier alpha value is -0.510. The lowest BCUT2D eigenvalue weighted by Gasteiger charge is -2.11. The molecule has 0 spiro atoms. The van der Waals surface area contributed by atoms with Gasteiger partial charge in [0, 0.05) is 0 Å². The van der Waals surface area contributed by atoms with Gasteiger partial charge in [-0.3, -0.25) is 9.08 Å². The molecule has 4 N–H and O–H groups in total. The number of carbonyl (C=O) groups is 1. The third kappa shape index (κ3) is 6.95. The van der Waals surface area contributed by atoms with Gasteiger partial charge in [-0.05, 0) is 0 Å². The molecular formula is C3H7O9PS. The van der Waals surface area contributed by atoms with Crippen molar-refractivity contribution in [2.24, 2.45) is 0 Å². The summed E-state index contributed by atoms with van der Waals surface area (Å²) in [6.07, 6.45) is -2.31. The van der Waals surface area contributed by atoms with Crippen molar-refractivity contribution in [2.45, 2.75) is 6.10 Å². The minimum Gasteiger partial charge on any atom is -0.479 e. The average molecular weight is 250 g/mol. The van der Waals surface area contributed by atoms with Gasteiger partial charge in [-0.25, -0.2) is 9.36 Å². The lowest BCUT2D eigenvalue weighted by molar-refractivity contribution is -0.144. The molecule has 0 heterocycles. The molecule has 1 atom stereocenters. The quantitative estimate of drug-likeness (QED) is 0.334. The molecule has 0 amide bonds. The van der Waals surface area contributed by atoms with E-state index in [1.54, 1.807) is 0 Å². The zero-order valence-electron chi connectivity index (χ0n) is 6.47. The molecule has 0 fully saturated rings. The highest BCUT2D eigenvalue weighted by molar-refractivity contribution is 7.85. The predicted molar refractivity (Wildman–Crippen MR) is 41.0 cm³/mol. The number of carboxylic acid groups (broad SMARTS) is 1. The molecule has 84 valence electrons. The van der Waals surface area contributed by atoms with Crippen LogP contribution in [0.2, 0.25) is 0 Å². The van der Waals surface area contributed by atoms with Crippen LogP contribution in [0.15, 0.2) is 0 Å². The first-order chi connectivity index (χ1) is 6.01. The molecule has 0 aliphatic heterocycles. The van der Waals surface area contributed by atoms with Crippen LogP contribution in [0.5, 0.6) is 0 Å². The molecular weight excluding hydrogens is 243 g/mol. The van der Waals surface area contributed by atoms with E-state index in [-0.39, 0.29) is 0 Å². The van der Waals surface area contributed by atoms with Gasteiger partial charge in [0.15, 0.2) is 6.10 Å². The smallest absolute Gasteiger partial charge is 0.470 e. The zero-order chi connectivity index (χ0) is 11.6. The lowest BCUT2D eigenvalue weighted by Crippen LogP contribution is -2.30. The highest BCUT2D eigenvalue weighted by Gasteiger charge is 2.31. The van der Waals surface area contributed by atoms with E-state index in [4.69, 9.17) is 19.4 Å². The Kier molecular flexibility index (Phi) is 4.18. The molecule has 0 aromatic heterocycles. The maximum atomic E-state index is 10.2. The van der Waals surface area contributed by atoms with Gasteiger partial charge >= 0.3 is 13.8 Å². The minimum atomic E-state index is -5.12. The molecule has 0 aliphatic rings. The van der Waals surface area contributed by atoms with Crippen LogP contribution in [0.25, 0.3) is 0 Å². The fourth-order valence-electron chi connectivity index (χ4n) is 0.504. The van der Waals surface area contributed by atoms with Crippen molar-refractivity contribution in [2.75, 3.05) is 5.75 Å². The van der Waals surface area contributed by atoms with E-state index in [0.29, 0.717) is 0 Å². The number of rotatable bonds is 5. The monoisotopic (exact) mass is 250 g/mol. The Morgan fingerprint density at radius 1 is 1.43 bits per heavy atom. The summed E-state index contributed by atoms with van der Waals surface area (Å²) in [6.45, 7) is 0. The van der Waals surface area contributed by atoms with E-state index < -0.39 is 35.8 Å². The van der Waals surface area contributed by atoms with E-state index in [1.807, 2.05) is 0 Å². The topological polar surface area (TPSA) is 158 Å². The van der Waals surface area contributed by atoms with E-state index in [1.165, 1.54) is 0 Å². The van der Waals surface area contributed by atoms with E-state index in [0.717, 1.165) is 0 Å². The lowest BCUT2D eigenvalue weighted by atomic mass is 10.4. The van der Waals surface area contributed by atoms with Crippen LogP contribution in [0, 0.1) is 0 Å². The third-order valence-electron chi connectivity index (χ3n) is 0.902. The summed E-state index contributed by atoms with van der Waals surface area (Å²) >= 11 is 0. The van der Waals surface area contributed by atoms with Gasteiger partial charge in [-0.1, -0.05) is 0 Å². The zero-order valence-corrected chi connectivity index (χ0v) is 8.18. The van der Waals surface area contributed by atoms with Crippen molar-refractivity contribution >= 4 is 23.9 Å². The number of phosphoric acid groups is 1. The second-order valence-corrected chi connectivity index (χ2v) is 4.86. The molecule has 0 bridgehead atoms. The highest BCUT2D eigenvalue weighted by atomic mass is 32.2. The Morgan fingerprint density at radius 3 is 2.07 bits per heavy atom. The summed E-state index contributed by atoms with van der Waals surface area (Å²) in [4.78, 5) is 26.6. The van der Waals surface area contributed by atoms with E-state index in [9.17, 15) is 17.8 Å². The van der Waals surface area contributed by atoms with Crippen molar-refractivity contribution in [3.05, 3.63) is 0 Å². The van der Waals surface area contributed by atoms with Gasteiger partial charge in [0.05, 0.1) is 0 Å². The van der Waals surface area contributed by atoms with E-state index >= 15 is 0 Å². The molecule has 0 aromatic rings. The summed E-state index contributed by atoms with van der Waals surface area (Å²) < 4.78 is 42.4. The fraction of sp³-hybridized carbons (Fsp3) is 0.667. The molecule has 9 nitrogen and oxygen atoms in total. The second kappa shape index (κ2) is 4.34. The predicted octanol–water partition coefficient (Wildman–Crippen LogP) is -1.56. The summed E-state index contributed by atoms with van der Waals surface area (Å²) in [5, 5.41) is 8.26. The largest absolute Gasteiger partial charge is 0.479 e. The summed E-state index contributed by atoms with van der Waals surface area (Å²) in [5.41, 5.74) is 0. The first-order valence-electron chi connectivity index (χ1n) is 2.93. The van der Waals surface area contributed by atoms with Crippen LogP contribution in [0.1, 0.15) is 0 Å². The highest BCUT2D eigenvalue weighted by Crippen LogP contribution is 2.37. The van der Waals surface area contributed by atoms with Gasteiger partial charge < -0.3 is 14.9 Å². The molecule has 11 heteroatoms. The van der Waals surface area contributed by atoms with Crippen LogP contribution in [-0.4, -0.2) is 45.7 Å². The number of hydrogen-bond donors (Lipinski definition) is 4. The molecule has 0 rings (SSSR count). The summed E-state index contributed by atoms with van der Waals surface area (Å²) in [5.74, 6) is -3.35. The van der Waals surface area contributed by atoms with Crippen LogP contribution in [-0.2, 0) is 24.0 Å². The number of hydrogen-bond acceptors (Lipinski definition) is 5. The van der Waals surface area contributed by atoms with Crippen LogP contribution >= 0.6 is 7.82 Å². The van der Waals surface area contributed by atoms with Crippen molar-refractivity contribution < 1.29 is 41.7 Å². The van der Waals surface area contributed by atoms with Crippen molar-refractivity contribution in [1.29, 1.82) is 0 Å². The van der Waals surface area contributed by atoms with Crippen molar-refractivity contribution in [3.63, 3.8) is 0 Å². The standard InChI is InChI=1S/C3H7O9PS/c4-3(5)2(1-14(9,10)11)12-13(6,7)8/h2H,1H2,(H,4,5)(H2,6,7,8)(H,9,10,11)/t2-/m0/s1. The van der Waals surface area contributed by atoms with Gasteiger partial charge in [0.2, 0.25) is 0 Å². The first-order valence-corrected chi connectivity index (χ1v) is 6.07. The van der Waals surface area contributed by atoms with Gasteiger partial charge in [-0.15, -0.1) is 0 Å². The maximum absolute atomic E-state index is 10.2. The van der Waals surface area contributed by atoms with Crippen molar-refractivity contribution in [1.82, 2.24) is 0 Å². The Labute approximate surface area is 78.3 Å². The Bertz CT molecular complexity index is 350. The van der Waals surface area contributed by atoms with Crippen LogP contribution < -0.4 is 0 Å². The van der Waals surface area contributed by atoms with Gasteiger partial charge in [-0.2, -0.15) is 8.42 Å². The molecule has 0 unspecified atom stereocenters. The maximum Gasteiger partial charge on any atom is 0.470 e. The SMILES string of the molecule is O=C(O)[C@H](CS(=O)(=O)O)OP(=O)(O)O. The molecule has 0 aliphatic carbocycles. The van der Waals surface area contributed by atoms with Crippen LogP contribution in [0.4, 0.5) is 0 Å². The Balaban J connectivity index is 4.65. The van der Waals surface area contributed by atoms with Crippen LogP contribution in [0.3, 0.4) is 0 Å². The first kappa shape index (κ1) is 13.5. The van der Waals surface area contributed by atoms with Gasteiger partial charge in [0.25, 0.3) is 10.1 Å². The molecule has 0 radical (unpaired) electrons. The molecule has 0 saturated carbocycles. The Morgan fingerprint density at radius 2 is 1.86 bits per heavy atom. The normalized spacial score (nSPS) is 15.1.